The highest BCUT2D eigenvalue weighted by molar-refractivity contribution is 6.00. The van der Waals surface area contributed by atoms with Crippen molar-refractivity contribution < 1.29 is 9.90 Å². The molecule has 2 aromatic carbocycles. The Kier molecular flexibility index (Phi) is 5.30. The topological polar surface area (TPSA) is 83.8 Å². The lowest BCUT2D eigenvalue weighted by molar-refractivity contribution is -0.131. The maximum atomic E-state index is 10.8. The predicted molar refractivity (Wildman–Crippen MR) is 119 cm³/mol. The summed E-state index contributed by atoms with van der Waals surface area (Å²) in [5.41, 5.74) is 7.36. The average molecular weight is 398 g/mol. The number of hydrogen-bond acceptors (Lipinski definition) is 3. The Morgan fingerprint density at radius 3 is 2.57 bits per heavy atom. The Morgan fingerprint density at radius 2 is 1.90 bits per heavy atom. The molecule has 0 aliphatic rings. The fourth-order valence-electron chi connectivity index (χ4n) is 3.70. The molecule has 6 nitrogen and oxygen atoms in total. The second-order valence-corrected chi connectivity index (χ2v) is 7.01. The van der Waals surface area contributed by atoms with Crippen LogP contribution >= 0.6 is 0 Å². The van der Waals surface area contributed by atoms with Crippen molar-refractivity contribution in [2.24, 2.45) is 7.05 Å². The van der Waals surface area contributed by atoms with Crippen LogP contribution < -0.4 is 0 Å². The van der Waals surface area contributed by atoms with Crippen molar-refractivity contribution in [2.75, 3.05) is 0 Å². The van der Waals surface area contributed by atoms with Crippen molar-refractivity contribution in [1.29, 1.82) is 0 Å². The van der Waals surface area contributed by atoms with E-state index in [1.807, 2.05) is 60.5 Å². The zero-order valence-corrected chi connectivity index (χ0v) is 16.8. The third kappa shape index (κ3) is 3.80. The molecule has 6 heteroatoms. The summed E-state index contributed by atoms with van der Waals surface area (Å²) in [6.07, 6.45) is 7.20. The molecular formula is C24H22N4O2. The lowest BCUT2D eigenvalue weighted by Gasteiger charge is -2.16. The smallest absolute Gasteiger partial charge is 0.328 e. The first-order chi connectivity index (χ1) is 14.6. The number of allylic oxidation sites excluding steroid dienone is 1. The number of aliphatic carboxylic acids is 1. The number of carboxylic acid groups (broad SMARTS) is 1. The molecule has 4 rings (SSSR count). The molecule has 4 aromatic rings. The largest absolute Gasteiger partial charge is 0.478 e. The Morgan fingerprint density at radius 1 is 1.13 bits per heavy atom. The third-order valence-corrected chi connectivity index (χ3v) is 5.13. The number of carboxylic acids is 1. The minimum Gasteiger partial charge on any atom is -0.478 e. The predicted octanol–water partition coefficient (Wildman–Crippen LogP) is 4.76. The molecule has 0 radical (unpaired) electrons. The molecule has 0 atom stereocenters. The quantitative estimate of drug-likeness (QED) is 0.459. The van der Waals surface area contributed by atoms with E-state index in [-0.39, 0.29) is 0 Å². The van der Waals surface area contributed by atoms with Crippen LogP contribution in [0.1, 0.15) is 35.7 Å². The number of aromatic amines is 1. The SMILES string of the molecule is CC/C(=C(/c1ccc(/C=C/C(=O)O)cc1)c1ccc2[nH]ncc2c1)c1ccnn1C. The standard InChI is InChI=1S/C24H22N4O2/c1-3-20(22-12-13-26-28(22)2)24(18-9-10-21-19(14-18)15-25-27-21)17-7-4-16(5-8-17)6-11-23(29)30/h4-15H,3H2,1-2H3,(H,25,27)(H,29,30)/b11-6+,24-20+. The van der Waals surface area contributed by atoms with E-state index < -0.39 is 5.97 Å². The number of hydrogen-bond donors (Lipinski definition) is 2. The number of carbonyl (C=O) groups is 1. The molecule has 2 aromatic heterocycles. The van der Waals surface area contributed by atoms with E-state index >= 15 is 0 Å². The number of nitrogens with zero attached hydrogens (tertiary/aromatic N) is 3. The van der Waals surface area contributed by atoms with Gasteiger partial charge in [-0.15, -0.1) is 0 Å². The van der Waals surface area contributed by atoms with Crippen LogP contribution in [-0.4, -0.2) is 31.1 Å². The summed E-state index contributed by atoms with van der Waals surface area (Å²) in [5.74, 6) is -0.961. The monoisotopic (exact) mass is 398 g/mol. The van der Waals surface area contributed by atoms with Gasteiger partial charge < -0.3 is 5.11 Å². The first kappa shape index (κ1) is 19.4. The molecule has 0 aliphatic heterocycles. The van der Waals surface area contributed by atoms with E-state index in [9.17, 15) is 4.79 Å². The second-order valence-electron chi connectivity index (χ2n) is 7.01. The van der Waals surface area contributed by atoms with Gasteiger partial charge in [0.15, 0.2) is 0 Å². The van der Waals surface area contributed by atoms with Gasteiger partial charge in [-0.05, 0) is 58.5 Å². The lowest BCUT2D eigenvalue weighted by Crippen LogP contribution is -2.01. The Bertz CT molecular complexity index is 1260. The van der Waals surface area contributed by atoms with Gasteiger partial charge in [-0.2, -0.15) is 10.2 Å². The highest BCUT2D eigenvalue weighted by Gasteiger charge is 2.16. The van der Waals surface area contributed by atoms with Crippen molar-refractivity contribution in [2.45, 2.75) is 13.3 Å². The third-order valence-electron chi connectivity index (χ3n) is 5.13. The number of aryl methyl sites for hydroxylation is 1. The number of H-pyrrole nitrogens is 1. The molecule has 2 heterocycles. The highest BCUT2D eigenvalue weighted by Crippen LogP contribution is 2.35. The molecule has 0 aliphatic carbocycles. The van der Waals surface area contributed by atoms with E-state index in [2.05, 4.69) is 34.4 Å². The molecule has 0 saturated carbocycles. The van der Waals surface area contributed by atoms with Gasteiger partial charge in [0.1, 0.15) is 0 Å². The fraction of sp³-hybridized carbons (Fsp3) is 0.125. The summed E-state index contributed by atoms with van der Waals surface area (Å²) in [6, 6.07) is 16.2. The van der Waals surface area contributed by atoms with Gasteiger partial charge in [-0.3, -0.25) is 9.78 Å². The van der Waals surface area contributed by atoms with Gasteiger partial charge in [-0.1, -0.05) is 37.3 Å². The van der Waals surface area contributed by atoms with E-state index in [1.165, 1.54) is 5.57 Å². The van der Waals surface area contributed by atoms with Crippen LogP contribution in [0.3, 0.4) is 0 Å². The van der Waals surface area contributed by atoms with Gasteiger partial charge >= 0.3 is 5.97 Å². The van der Waals surface area contributed by atoms with Crippen LogP contribution in [0.2, 0.25) is 0 Å². The van der Waals surface area contributed by atoms with Crippen LogP contribution in [0.4, 0.5) is 0 Å². The summed E-state index contributed by atoms with van der Waals surface area (Å²) in [7, 11) is 1.95. The number of fused-ring (bicyclic) bond motifs is 1. The molecule has 2 N–H and O–H groups in total. The van der Waals surface area contributed by atoms with Crippen LogP contribution in [0.5, 0.6) is 0 Å². The summed E-state index contributed by atoms with van der Waals surface area (Å²) >= 11 is 0. The van der Waals surface area contributed by atoms with Crippen molar-refractivity contribution in [3.05, 3.63) is 89.4 Å². The fourth-order valence-corrected chi connectivity index (χ4v) is 3.70. The normalized spacial score (nSPS) is 12.5. The Balaban J connectivity index is 1.90. The van der Waals surface area contributed by atoms with E-state index in [4.69, 9.17) is 5.11 Å². The van der Waals surface area contributed by atoms with Crippen LogP contribution in [-0.2, 0) is 11.8 Å². The minimum absolute atomic E-state index is 0.832. The van der Waals surface area contributed by atoms with Crippen molar-refractivity contribution in [1.82, 2.24) is 20.0 Å². The highest BCUT2D eigenvalue weighted by atomic mass is 16.4. The molecule has 0 spiro atoms. The maximum absolute atomic E-state index is 10.8. The van der Waals surface area contributed by atoms with Crippen molar-refractivity contribution >= 4 is 34.1 Å². The number of benzene rings is 2. The van der Waals surface area contributed by atoms with Crippen LogP contribution in [0, 0.1) is 0 Å². The van der Waals surface area contributed by atoms with Gasteiger partial charge in [-0.25, -0.2) is 4.79 Å². The van der Waals surface area contributed by atoms with E-state index in [0.29, 0.717) is 0 Å². The van der Waals surface area contributed by atoms with Crippen LogP contribution in [0.25, 0.3) is 28.1 Å². The molecule has 150 valence electrons. The molecule has 0 bridgehead atoms. The number of nitrogens with one attached hydrogen (secondary N) is 1. The summed E-state index contributed by atoms with van der Waals surface area (Å²) in [4.78, 5) is 10.8. The average Bonchev–Trinajstić information content (AvgIpc) is 3.39. The molecule has 0 saturated heterocycles. The molecular weight excluding hydrogens is 376 g/mol. The van der Waals surface area contributed by atoms with Crippen molar-refractivity contribution in [3.8, 4) is 0 Å². The lowest BCUT2D eigenvalue weighted by atomic mass is 9.89. The van der Waals surface area contributed by atoms with Gasteiger partial charge in [0.2, 0.25) is 0 Å². The summed E-state index contributed by atoms with van der Waals surface area (Å²) in [6.45, 7) is 2.14. The molecule has 0 unspecified atom stereocenters. The Labute approximate surface area is 174 Å². The molecule has 30 heavy (non-hydrogen) atoms. The minimum atomic E-state index is -0.961. The van der Waals surface area contributed by atoms with Crippen LogP contribution in [0.15, 0.2) is 67.0 Å². The number of rotatable bonds is 6. The van der Waals surface area contributed by atoms with E-state index in [1.54, 1.807) is 6.08 Å². The molecule has 0 amide bonds. The maximum Gasteiger partial charge on any atom is 0.328 e. The van der Waals surface area contributed by atoms with E-state index in [0.717, 1.165) is 51.4 Å². The zero-order chi connectivity index (χ0) is 21.1. The second kappa shape index (κ2) is 8.21. The zero-order valence-electron chi connectivity index (χ0n) is 16.8. The Hall–Kier alpha value is -3.93. The number of aromatic nitrogens is 4. The van der Waals surface area contributed by atoms with Gasteiger partial charge in [0, 0.05) is 24.7 Å². The van der Waals surface area contributed by atoms with Crippen molar-refractivity contribution in [3.63, 3.8) is 0 Å². The summed E-state index contributed by atoms with van der Waals surface area (Å²) in [5, 5.41) is 21.4. The molecule has 0 fully saturated rings. The summed E-state index contributed by atoms with van der Waals surface area (Å²) < 4.78 is 1.89. The first-order valence-electron chi connectivity index (χ1n) is 9.73. The van der Waals surface area contributed by atoms with Gasteiger partial charge in [0.05, 0.1) is 17.4 Å². The van der Waals surface area contributed by atoms with Gasteiger partial charge in [0.25, 0.3) is 0 Å². The first-order valence-corrected chi connectivity index (χ1v) is 9.73.